The van der Waals surface area contributed by atoms with E-state index in [0.29, 0.717) is 16.9 Å². The van der Waals surface area contributed by atoms with Gasteiger partial charge in [-0.05, 0) is 67.6 Å². The van der Waals surface area contributed by atoms with Crippen molar-refractivity contribution in [1.29, 1.82) is 0 Å². The number of hydrogen-bond acceptors (Lipinski definition) is 4. The third-order valence-electron chi connectivity index (χ3n) is 4.49. The Hall–Kier alpha value is -2.64. The molecule has 142 valence electrons. The maximum absolute atomic E-state index is 12.6. The van der Waals surface area contributed by atoms with Crippen molar-refractivity contribution in [3.63, 3.8) is 0 Å². The molecule has 3 rings (SSSR count). The molecule has 0 aliphatic carbocycles. The molecule has 1 heterocycles. The number of nitrogens with one attached hydrogen (secondary N) is 2. The molecule has 7 heteroatoms. The lowest BCUT2D eigenvalue weighted by molar-refractivity contribution is 0.414. The van der Waals surface area contributed by atoms with Crippen LogP contribution in [0.25, 0.3) is 10.9 Å². The highest BCUT2D eigenvalue weighted by molar-refractivity contribution is 7.89. The number of sulfonamides is 1. The molecule has 0 fully saturated rings. The Labute approximate surface area is 158 Å². The van der Waals surface area contributed by atoms with Crippen LogP contribution in [0.3, 0.4) is 0 Å². The van der Waals surface area contributed by atoms with E-state index in [0.717, 1.165) is 22.0 Å². The molecule has 0 bridgehead atoms. The summed E-state index contributed by atoms with van der Waals surface area (Å²) in [5.74, 6) is 0.586. The summed E-state index contributed by atoms with van der Waals surface area (Å²) in [5, 5.41) is 0.877. The number of fused-ring (bicyclic) bond motifs is 1. The van der Waals surface area contributed by atoms with E-state index in [-0.39, 0.29) is 17.0 Å². The van der Waals surface area contributed by atoms with Gasteiger partial charge in [0.1, 0.15) is 5.75 Å². The Morgan fingerprint density at radius 3 is 2.44 bits per heavy atom. The molecule has 0 aliphatic rings. The first-order chi connectivity index (χ1) is 12.7. The molecule has 6 nitrogen and oxygen atoms in total. The standard InChI is InChI=1S/C20H22N2O4S/c1-12-7-14(3)19-15(8-12)10-16(20(23)22-19)11-21-27(24,25)18-6-5-17(26-4)9-13(18)2/h5-10,21H,11H2,1-4H3,(H,22,23). The molecular weight excluding hydrogens is 364 g/mol. The van der Waals surface area contributed by atoms with Crippen molar-refractivity contribution >= 4 is 20.9 Å². The minimum Gasteiger partial charge on any atom is -0.497 e. The van der Waals surface area contributed by atoms with Gasteiger partial charge in [-0.15, -0.1) is 0 Å². The Morgan fingerprint density at radius 2 is 1.78 bits per heavy atom. The van der Waals surface area contributed by atoms with E-state index in [4.69, 9.17) is 4.74 Å². The number of aryl methyl sites for hydroxylation is 3. The van der Waals surface area contributed by atoms with Crippen LogP contribution in [0, 0.1) is 20.8 Å². The van der Waals surface area contributed by atoms with Crippen LogP contribution in [0.2, 0.25) is 0 Å². The zero-order chi connectivity index (χ0) is 19.8. The molecule has 0 unspecified atom stereocenters. The van der Waals surface area contributed by atoms with Crippen LogP contribution in [0.5, 0.6) is 5.75 Å². The van der Waals surface area contributed by atoms with Gasteiger partial charge >= 0.3 is 0 Å². The van der Waals surface area contributed by atoms with Crippen molar-refractivity contribution in [2.45, 2.75) is 32.2 Å². The third-order valence-corrected chi connectivity index (χ3v) is 6.06. The summed E-state index contributed by atoms with van der Waals surface area (Å²) in [5.41, 5.74) is 3.45. The number of ether oxygens (including phenoxy) is 1. The van der Waals surface area contributed by atoms with Crippen molar-refractivity contribution in [3.8, 4) is 5.75 Å². The van der Waals surface area contributed by atoms with Crippen LogP contribution in [0.1, 0.15) is 22.3 Å². The fourth-order valence-electron chi connectivity index (χ4n) is 3.16. The molecule has 0 radical (unpaired) electrons. The van der Waals surface area contributed by atoms with E-state index in [1.54, 1.807) is 25.1 Å². The highest BCUT2D eigenvalue weighted by atomic mass is 32.2. The molecule has 2 N–H and O–H groups in total. The lowest BCUT2D eigenvalue weighted by Gasteiger charge is -2.11. The van der Waals surface area contributed by atoms with Gasteiger partial charge in [0.15, 0.2) is 0 Å². The average molecular weight is 386 g/mol. The summed E-state index contributed by atoms with van der Waals surface area (Å²) in [6.45, 7) is 5.52. The summed E-state index contributed by atoms with van der Waals surface area (Å²) in [6.07, 6.45) is 0. The highest BCUT2D eigenvalue weighted by Gasteiger charge is 2.18. The lowest BCUT2D eigenvalue weighted by Crippen LogP contribution is -2.27. The van der Waals surface area contributed by atoms with E-state index >= 15 is 0 Å². The van der Waals surface area contributed by atoms with Crippen molar-refractivity contribution in [2.75, 3.05) is 7.11 Å². The predicted molar refractivity (Wildman–Crippen MR) is 106 cm³/mol. The Kier molecular flexibility index (Phi) is 5.08. The number of pyridine rings is 1. The number of benzene rings is 2. The van der Waals surface area contributed by atoms with Crippen LogP contribution in [0.4, 0.5) is 0 Å². The van der Waals surface area contributed by atoms with Crippen LogP contribution < -0.4 is 15.0 Å². The zero-order valence-corrected chi connectivity index (χ0v) is 16.5. The third kappa shape index (κ3) is 3.89. The van der Waals surface area contributed by atoms with E-state index in [1.165, 1.54) is 13.2 Å². The average Bonchev–Trinajstić information content (AvgIpc) is 2.60. The minimum atomic E-state index is -3.76. The molecule has 1 aromatic heterocycles. The van der Waals surface area contributed by atoms with Gasteiger partial charge in [-0.3, -0.25) is 4.79 Å². The van der Waals surface area contributed by atoms with Gasteiger partial charge in [0.25, 0.3) is 5.56 Å². The van der Waals surface area contributed by atoms with Crippen LogP contribution in [0.15, 0.2) is 46.1 Å². The fourth-order valence-corrected chi connectivity index (χ4v) is 4.40. The number of H-pyrrole nitrogens is 1. The molecule has 0 saturated heterocycles. The molecule has 0 aliphatic heterocycles. The largest absolute Gasteiger partial charge is 0.497 e. The van der Waals surface area contributed by atoms with Gasteiger partial charge in [-0.25, -0.2) is 13.1 Å². The zero-order valence-electron chi connectivity index (χ0n) is 15.7. The quantitative estimate of drug-likeness (QED) is 0.706. The van der Waals surface area contributed by atoms with Crippen molar-refractivity contribution < 1.29 is 13.2 Å². The molecule has 27 heavy (non-hydrogen) atoms. The molecular formula is C20H22N2O4S. The van der Waals surface area contributed by atoms with Crippen LogP contribution in [-0.2, 0) is 16.6 Å². The molecule has 2 aromatic carbocycles. The summed E-state index contributed by atoms with van der Waals surface area (Å²) in [4.78, 5) is 15.4. The summed E-state index contributed by atoms with van der Waals surface area (Å²) >= 11 is 0. The second-order valence-electron chi connectivity index (χ2n) is 6.63. The van der Waals surface area contributed by atoms with Crippen LogP contribution in [-0.4, -0.2) is 20.5 Å². The monoisotopic (exact) mass is 386 g/mol. The Balaban J connectivity index is 1.92. The molecule has 0 spiro atoms. The number of aromatic nitrogens is 1. The van der Waals surface area contributed by atoms with E-state index in [9.17, 15) is 13.2 Å². The van der Waals surface area contributed by atoms with E-state index in [1.807, 2.05) is 26.0 Å². The Bertz CT molecular complexity index is 1180. The van der Waals surface area contributed by atoms with Gasteiger partial charge in [-0.1, -0.05) is 11.6 Å². The predicted octanol–water partition coefficient (Wildman–Crippen LogP) is 2.94. The van der Waals surface area contributed by atoms with E-state index in [2.05, 4.69) is 9.71 Å². The first-order valence-electron chi connectivity index (χ1n) is 8.49. The maximum Gasteiger partial charge on any atom is 0.252 e. The topological polar surface area (TPSA) is 88.3 Å². The highest BCUT2D eigenvalue weighted by Crippen LogP contribution is 2.21. The van der Waals surface area contributed by atoms with Gasteiger partial charge < -0.3 is 9.72 Å². The van der Waals surface area contributed by atoms with Crippen LogP contribution >= 0.6 is 0 Å². The number of rotatable bonds is 5. The van der Waals surface area contributed by atoms with Gasteiger partial charge in [-0.2, -0.15) is 0 Å². The van der Waals surface area contributed by atoms with Gasteiger partial charge in [0.05, 0.1) is 17.5 Å². The number of aromatic amines is 1. The van der Waals surface area contributed by atoms with Gasteiger partial charge in [0.2, 0.25) is 10.0 Å². The summed E-state index contributed by atoms with van der Waals surface area (Å²) in [6, 6.07) is 10.4. The SMILES string of the molecule is COc1ccc(S(=O)(=O)NCc2cc3cc(C)cc(C)c3[nH]c2=O)c(C)c1. The van der Waals surface area contributed by atoms with Gasteiger partial charge in [0, 0.05) is 12.1 Å². The molecule has 3 aromatic rings. The second kappa shape index (κ2) is 7.17. The Morgan fingerprint density at radius 1 is 1.04 bits per heavy atom. The summed E-state index contributed by atoms with van der Waals surface area (Å²) < 4.78 is 32.9. The first kappa shape index (κ1) is 19.1. The van der Waals surface area contributed by atoms with Crippen molar-refractivity contribution in [3.05, 3.63) is 69.0 Å². The fraction of sp³-hybridized carbons (Fsp3) is 0.250. The number of methoxy groups -OCH3 is 1. The molecule has 0 amide bonds. The van der Waals surface area contributed by atoms with Crippen molar-refractivity contribution in [2.24, 2.45) is 0 Å². The smallest absolute Gasteiger partial charge is 0.252 e. The lowest BCUT2D eigenvalue weighted by atomic mass is 10.1. The molecule has 0 atom stereocenters. The summed E-state index contributed by atoms with van der Waals surface area (Å²) in [7, 11) is -2.23. The number of hydrogen-bond donors (Lipinski definition) is 2. The molecule has 0 saturated carbocycles. The normalized spacial score (nSPS) is 11.7. The minimum absolute atomic E-state index is 0.0912. The van der Waals surface area contributed by atoms with E-state index < -0.39 is 10.0 Å². The first-order valence-corrected chi connectivity index (χ1v) is 9.97. The van der Waals surface area contributed by atoms with Crippen molar-refractivity contribution in [1.82, 2.24) is 9.71 Å². The maximum atomic E-state index is 12.6. The second-order valence-corrected chi connectivity index (χ2v) is 8.36.